The molecular formula is C10H12BrFO. The van der Waals surface area contributed by atoms with Gasteiger partial charge in [0.2, 0.25) is 0 Å². The molecule has 3 heteroatoms. The molecule has 1 rings (SSSR count). The molecule has 0 aliphatic heterocycles. The Morgan fingerprint density at radius 3 is 2.85 bits per heavy atom. The van der Waals surface area contributed by atoms with E-state index in [9.17, 15) is 4.39 Å². The first kappa shape index (κ1) is 10.5. The van der Waals surface area contributed by atoms with Crippen molar-refractivity contribution in [3.63, 3.8) is 0 Å². The first-order chi connectivity index (χ1) is 6.24. The Hall–Kier alpha value is -0.570. The van der Waals surface area contributed by atoms with Gasteiger partial charge < -0.3 is 4.74 Å². The molecular weight excluding hydrogens is 235 g/mol. The van der Waals surface area contributed by atoms with E-state index in [2.05, 4.69) is 15.9 Å². The number of rotatable bonds is 4. The number of benzene rings is 1. The summed E-state index contributed by atoms with van der Waals surface area (Å²) in [6, 6.07) is 4.93. The molecule has 0 bridgehead atoms. The Kier molecular flexibility index (Phi) is 4.22. The molecule has 0 aromatic heterocycles. The highest BCUT2D eigenvalue weighted by Gasteiger charge is 1.99. The van der Waals surface area contributed by atoms with Gasteiger partial charge in [-0.15, -0.1) is 0 Å². The number of ether oxygens (including phenoxy) is 1. The second-order valence-electron chi connectivity index (χ2n) is 2.80. The van der Waals surface area contributed by atoms with Crippen molar-refractivity contribution in [2.24, 2.45) is 0 Å². The van der Waals surface area contributed by atoms with Crippen LogP contribution in [0.3, 0.4) is 0 Å². The van der Waals surface area contributed by atoms with E-state index in [1.165, 1.54) is 6.07 Å². The Bertz CT molecular complexity index is 276. The second kappa shape index (κ2) is 5.22. The summed E-state index contributed by atoms with van der Waals surface area (Å²) in [6.07, 6.45) is 0.926. The van der Waals surface area contributed by atoms with Crippen LogP contribution in [0.2, 0.25) is 0 Å². The van der Waals surface area contributed by atoms with Crippen molar-refractivity contribution < 1.29 is 9.13 Å². The maximum atomic E-state index is 13.0. The molecule has 0 saturated carbocycles. The van der Waals surface area contributed by atoms with E-state index in [0.29, 0.717) is 17.9 Å². The summed E-state index contributed by atoms with van der Waals surface area (Å²) in [4.78, 5) is 0. The van der Waals surface area contributed by atoms with Crippen LogP contribution in [0.5, 0.6) is 5.75 Å². The molecule has 0 atom stereocenters. The fourth-order valence-electron chi connectivity index (χ4n) is 0.908. The summed E-state index contributed by atoms with van der Waals surface area (Å²) in [7, 11) is 0. The van der Waals surface area contributed by atoms with Crippen molar-refractivity contribution in [3.05, 3.63) is 29.6 Å². The molecule has 0 unspecified atom stereocenters. The zero-order valence-corrected chi connectivity index (χ0v) is 9.10. The highest BCUT2D eigenvalue weighted by atomic mass is 79.9. The summed E-state index contributed by atoms with van der Waals surface area (Å²) < 4.78 is 18.3. The third kappa shape index (κ3) is 3.35. The molecule has 13 heavy (non-hydrogen) atoms. The van der Waals surface area contributed by atoms with Gasteiger partial charge in [-0.1, -0.05) is 22.0 Å². The predicted molar refractivity (Wildman–Crippen MR) is 55.0 cm³/mol. The number of halogens is 2. The van der Waals surface area contributed by atoms with Crippen LogP contribution in [0.15, 0.2) is 18.2 Å². The molecule has 72 valence electrons. The highest BCUT2D eigenvalue weighted by molar-refractivity contribution is 9.09. The van der Waals surface area contributed by atoms with Gasteiger partial charge in [0.05, 0.1) is 6.61 Å². The van der Waals surface area contributed by atoms with Gasteiger partial charge in [-0.2, -0.15) is 0 Å². The predicted octanol–water partition coefficient (Wildman–Crippen LogP) is 3.30. The fraction of sp³-hybridized carbons (Fsp3) is 0.400. The largest absolute Gasteiger partial charge is 0.493 e. The van der Waals surface area contributed by atoms with Crippen molar-refractivity contribution in [3.8, 4) is 5.75 Å². The topological polar surface area (TPSA) is 9.23 Å². The van der Waals surface area contributed by atoms with Crippen LogP contribution >= 0.6 is 15.9 Å². The smallest absolute Gasteiger partial charge is 0.129 e. The normalized spacial score (nSPS) is 10.1. The van der Waals surface area contributed by atoms with Crippen molar-refractivity contribution in [1.29, 1.82) is 0 Å². The molecule has 1 aromatic rings. The summed E-state index contributed by atoms with van der Waals surface area (Å²) in [5.41, 5.74) is 0.646. The average molecular weight is 247 g/mol. The molecule has 0 N–H and O–H groups in total. The van der Waals surface area contributed by atoms with Gasteiger partial charge in [-0.25, -0.2) is 4.39 Å². The van der Waals surface area contributed by atoms with Crippen molar-refractivity contribution in [2.45, 2.75) is 13.3 Å². The fourth-order valence-corrected chi connectivity index (χ4v) is 1.14. The summed E-state index contributed by atoms with van der Waals surface area (Å²) in [5, 5.41) is 0.904. The lowest BCUT2D eigenvalue weighted by Gasteiger charge is -2.05. The molecule has 0 radical (unpaired) electrons. The Morgan fingerprint density at radius 1 is 1.46 bits per heavy atom. The molecule has 0 aliphatic rings. The quantitative estimate of drug-likeness (QED) is 0.586. The van der Waals surface area contributed by atoms with E-state index in [4.69, 9.17) is 4.74 Å². The lowest BCUT2D eigenvalue weighted by molar-refractivity contribution is 0.317. The standard InChI is InChI=1S/C10H12BrFO/c1-8-3-4-9(7-10(8)12)13-6-2-5-11/h3-4,7H,2,5-6H2,1H3. The number of hydrogen-bond acceptors (Lipinski definition) is 1. The van der Waals surface area contributed by atoms with Gasteiger partial charge in [0.1, 0.15) is 11.6 Å². The van der Waals surface area contributed by atoms with Gasteiger partial charge in [-0.3, -0.25) is 0 Å². The minimum absolute atomic E-state index is 0.212. The maximum absolute atomic E-state index is 13.0. The van der Waals surface area contributed by atoms with E-state index in [-0.39, 0.29) is 5.82 Å². The minimum Gasteiger partial charge on any atom is -0.493 e. The maximum Gasteiger partial charge on any atom is 0.129 e. The first-order valence-electron chi connectivity index (χ1n) is 4.19. The third-order valence-corrected chi connectivity index (χ3v) is 2.25. The molecule has 0 saturated heterocycles. The highest BCUT2D eigenvalue weighted by Crippen LogP contribution is 2.15. The molecule has 0 fully saturated rings. The molecule has 1 aromatic carbocycles. The SMILES string of the molecule is Cc1ccc(OCCCBr)cc1F. The van der Waals surface area contributed by atoms with Gasteiger partial charge in [0.15, 0.2) is 0 Å². The number of hydrogen-bond donors (Lipinski definition) is 0. The van der Waals surface area contributed by atoms with Crippen LogP contribution in [-0.4, -0.2) is 11.9 Å². The second-order valence-corrected chi connectivity index (χ2v) is 3.59. The zero-order valence-electron chi connectivity index (χ0n) is 7.52. The van der Waals surface area contributed by atoms with E-state index >= 15 is 0 Å². The van der Waals surface area contributed by atoms with E-state index < -0.39 is 0 Å². The number of aryl methyl sites for hydroxylation is 1. The van der Waals surface area contributed by atoms with Crippen LogP contribution in [0.1, 0.15) is 12.0 Å². The van der Waals surface area contributed by atoms with Gasteiger partial charge >= 0.3 is 0 Å². The summed E-state index contributed by atoms with van der Waals surface area (Å²) >= 11 is 3.29. The van der Waals surface area contributed by atoms with Crippen molar-refractivity contribution in [2.75, 3.05) is 11.9 Å². The first-order valence-corrected chi connectivity index (χ1v) is 5.31. The summed E-state index contributed by atoms with van der Waals surface area (Å²) in [6.45, 7) is 2.35. The van der Waals surface area contributed by atoms with Crippen molar-refractivity contribution >= 4 is 15.9 Å². The van der Waals surface area contributed by atoms with Crippen LogP contribution in [0.4, 0.5) is 4.39 Å². The minimum atomic E-state index is -0.212. The van der Waals surface area contributed by atoms with E-state index in [1.807, 2.05) is 0 Å². The van der Waals surface area contributed by atoms with Crippen LogP contribution in [0, 0.1) is 12.7 Å². The molecule has 1 nitrogen and oxygen atoms in total. The number of alkyl halides is 1. The van der Waals surface area contributed by atoms with Crippen LogP contribution in [0.25, 0.3) is 0 Å². The van der Waals surface area contributed by atoms with Crippen LogP contribution < -0.4 is 4.74 Å². The zero-order chi connectivity index (χ0) is 9.68. The van der Waals surface area contributed by atoms with E-state index in [0.717, 1.165) is 11.8 Å². The Morgan fingerprint density at radius 2 is 2.23 bits per heavy atom. The molecule has 0 aliphatic carbocycles. The molecule has 0 spiro atoms. The lowest BCUT2D eigenvalue weighted by Crippen LogP contribution is -1.98. The van der Waals surface area contributed by atoms with Gasteiger partial charge in [0.25, 0.3) is 0 Å². The molecule has 0 heterocycles. The van der Waals surface area contributed by atoms with Crippen LogP contribution in [-0.2, 0) is 0 Å². The Labute approximate surface area is 86.0 Å². The van der Waals surface area contributed by atoms with E-state index in [1.54, 1.807) is 19.1 Å². The average Bonchev–Trinajstić information content (AvgIpc) is 2.12. The monoisotopic (exact) mass is 246 g/mol. The Balaban J connectivity index is 2.53. The molecule has 0 amide bonds. The third-order valence-electron chi connectivity index (χ3n) is 1.69. The summed E-state index contributed by atoms with van der Waals surface area (Å²) in [5.74, 6) is 0.389. The lowest BCUT2D eigenvalue weighted by atomic mass is 10.2. The van der Waals surface area contributed by atoms with Gasteiger partial charge in [0, 0.05) is 11.4 Å². The van der Waals surface area contributed by atoms with Gasteiger partial charge in [-0.05, 0) is 25.0 Å². The van der Waals surface area contributed by atoms with Crippen molar-refractivity contribution in [1.82, 2.24) is 0 Å².